The normalized spacial score (nSPS) is 18.6. The third-order valence-corrected chi connectivity index (χ3v) is 6.68. The van der Waals surface area contributed by atoms with Crippen LogP contribution < -0.4 is 10.2 Å². The zero-order valence-electron chi connectivity index (χ0n) is 20.2. The number of fused-ring (bicyclic) bond motifs is 2. The lowest BCUT2D eigenvalue weighted by atomic mass is 10.1. The Hall–Kier alpha value is -4.88. The summed E-state index contributed by atoms with van der Waals surface area (Å²) in [7, 11) is 0. The second-order valence-electron chi connectivity index (χ2n) is 9.32. The van der Waals surface area contributed by atoms with Gasteiger partial charge in [0, 0.05) is 37.1 Å². The molecule has 0 aliphatic carbocycles. The maximum absolute atomic E-state index is 13.4. The fraction of sp³-hybridized carbons (Fsp3) is 0.292. The Bertz CT molecular complexity index is 1500. The molecule has 4 aromatic heterocycles. The van der Waals surface area contributed by atoms with E-state index in [-0.39, 0.29) is 29.6 Å². The molecule has 2 saturated heterocycles. The van der Waals surface area contributed by atoms with E-state index >= 15 is 0 Å². The van der Waals surface area contributed by atoms with E-state index in [4.69, 9.17) is 0 Å². The molecule has 2 aliphatic rings. The summed E-state index contributed by atoms with van der Waals surface area (Å²) >= 11 is 0. The average Bonchev–Trinajstić information content (AvgIpc) is 3.60. The van der Waals surface area contributed by atoms with Gasteiger partial charge in [0.1, 0.15) is 5.82 Å². The Morgan fingerprint density at radius 2 is 1.89 bits per heavy atom. The number of H-pyrrole nitrogens is 1. The number of aromatic amines is 1. The summed E-state index contributed by atoms with van der Waals surface area (Å²) in [5, 5.41) is 23.5. The summed E-state index contributed by atoms with van der Waals surface area (Å²) < 4.78 is 14.6. The fourth-order valence-electron chi connectivity index (χ4n) is 4.98. The zero-order chi connectivity index (χ0) is 26.4. The predicted octanol–water partition coefficient (Wildman–Crippen LogP) is 2.16. The standard InChI is InChI=1S/C24H23FN10O3/c1-13-6-20(32-31-13)29-19-7-18(23(37)38)28-24(30-19)33-11-16-3-4-17(12-33)35(16)22(36)14-2-5-21(26-8-14)34-10-15(25)9-27-34/h2,5-10,16-17H,3-4,11-12H2,1H3,(H,37,38)(H2,28,29,30,31,32). The lowest BCUT2D eigenvalue weighted by Crippen LogP contribution is -2.56. The van der Waals surface area contributed by atoms with Gasteiger partial charge in [0.25, 0.3) is 5.91 Å². The Labute approximate surface area is 215 Å². The molecule has 3 N–H and O–H groups in total. The molecule has 4 aromatic rings. The highest BCUT2D eigenvalue weighted by molar-refractivity contribution is 5.95. The molecule has 2 unspecified atom stereocenters. The third kappa shape index (κ3) is 4.40. The summed E-state index contributed by atoms with van der Waals surface area (Å²) in [5.41, 5.74) is 1.13. The second-order valence-corrected chi connectivity index (χ2v) is 9.32. The van der Waals surface area contributed by atoms with Gasteiger partial charge in [0.15, 0.2) is 23.1 Å². The van der Waals surface area contributed by atoms with Crippen molar-refractivity contribution in [2.75, 3.05) is 23.3 Å². The minimum atomic E-state index is -1.17. The molecule has 2 bridgehead atoms. The molecule has 194 valence electrons. The van der Waals surface area contributed by atoms with Crippen LogP contribution in [0.1, 0.15) is 39.4 Å². The number of pyridine rings is 1. The maximum Gasteiger partial charge on any atom is 0.354 e. The van der Waals surface area contributed by atoms with E-state index in [1.54, 1.807) is 18.2 Å². The van der Waals surface area contributed by atoms with Gasteiger partial charge in [-0.15, -0.1) is 0 Å². The van der Waals surface area contributed by atoms with E-state index in [0.717, 1.165) is 24.7 Å². The SMILES string of the molecule is Cc1cc(Nc2cc(C(=O)O)nc(N3CC4CCC(C3)N4C(=O)c3ccc(-n4cc(F)cn4)nc3)n2)n[nH]1. The molecule has 2 aliphatic heterocycles. The van der Waals surface area contributed by atoms with Gasteiger partial charge in [-0.2, -0.15) is 15.2 Å². The predicted molar refractivity (Wildman–Crippen MR) is 132 cm³/mol. The number of nitrogens with zero attached hydrogens (tertiary/aromatic N) is 8. The van der Waals surface area contributed by atoms with Gasteiger partial charge >= 0.3 is 5.97 Å². The molecule has 0 spiro atoms. The second kappa shape index (κ2) is 9.21. The highest BCUT2D eigenvalue weighted by Gasteiger charge is 2.43. The number of carbonyl (C=O) groups excluding carboxylic acids is 1. The van der Waals surface area contributed by atoms with Crippen LogP contribution in [0.5, 0.6) is 0 Å². The van der Waals surface area contributed by atoms with Crippen LogP contribution in [0.4, 0.5) is 22.0 Å². The molecule has 0 aromatic carbocycles. The Balaban J connectivity index is 1.21. The van der Waals surface area contributed by atoms with Crippen molar-refractivity contribution >= 4 is 29.5 Å². The van der Waals surface area contributed by atoms with Crippen LogP contribution in [0.25, 0.3) is 5.82 Å². The van der Waals surface area contributed by atoms with Crippen LogP contribution in [-0.4, -0.2) is 82.0 Å². The lowest BCUT2D eigenvalue weighted by Gasteiger charge is -2.41. The number of aryl methyl sites for hydroxylation is 1. The molecule has 13 nitrogen and oxygen atoms in total. The Morgan fingerprint density at radius 1 is 1.11 bits per heavy atom. The van der Waals surface area contributed by atoms with Crippen LogP contribution >= 0.6 is 0 Å². The number of piperazine rings is 1. The summed E-state index contributed by atoms with van der Waals surface area (Å²) in [4.78, 5) is 42.0. The van der Waals surface area contributed by atoms with Crippen molar-refractivity contribution in [3.05, 3.63) is 65.6 Å². The van der Waals surface area contributed by atoms with Crippen molar-refractivity contribution in [1.29, 1.82) is 0 Å². The van der Waals surface area contributed by atoms with Crippen molar-refractivity contribution in [1.82, 2.24) is 39.8 Å². The number of halogens is 1. The third-order valence-electron chi connectivity index (χ3n) is 6.68. The maximum atomic E-state index is 13.4. The van der Waals surface area contributed by atoms with E-state index < -0.39 is 11.8 Å². The van der Waals surface area contributed by atoms with Gasteiger partial charge in [-0.1, -0.05) is 0 Å². The van der Waals surface area contributed by atoms with Crippen molar-refractivity contribution in [3.8, 4) is 5.82 Å². The number of carbonyl (C=O) groups is 2. The summed E-state index contributed by atoms with van der Waals surface area (Å²) in [5.74, 6) is -0.272. The number of aromatic carboxylic acids is 1. The average molecular weight is 519 g/mol. The molecule has 2 fully saturated rings. The van der Waals surface area contributed by atoms with E-state index in [0.29, 0.717) is 36.1 Å². The van der Waals surface area contributed by atoms with Gasteiger partial charge in [0.05, 0.1) is 30.0 Å². The number of amides is 1. The quantitative estimate of drug-likeness (QED) is 0.345. The summed E-state index contributed by atoms with van der Waals surface area (Å²) in [6, 6.07) is 6.23. The first kappa shape index (κ1) is 23.5. The van der Waals surface area contributed by atoms with Crippen LogP contribution in [0.15, 0.2) is 42.9 Å². The Morgan fingerprint density at radius 3 is 2.50 bits per heavy atom. The smallest absolute Gasteiger partial charge is 0.354 e. The molecule has 0 saturated carbocycles. The van der Waals surface area contributed by atoms with Gasteiger partial charge in [-0.25, -0.2) is 23.8 Å². The fourth-order valence-corrected chi connectivity index (χ4v) is 4.98. The zero-order valence-corrected chi connectivity index (χ0v) is 20.2. The van der Waals surface area contributed by atoms with E-state index in [1.165, 1.54) is 23.1 Å². The van der Waals surface area contributed by atoms with Crippen molar-refractivity contribution < 1.29 is 19.1 Å². The van der Waals surface area contributed by atoms with E-state index in [2.05, 4.69) is 35.6 Å². The van der Waals surface area contributed by atoms with Crippen molar-refractivity contribution in [2.45, 2.75) is 31.8 Å². The van der Waals surface area contributed by atoms with Crippen LogP contribution in [0, 0.1) is 12.7 Å². The van der Waals surface area contributed by atoms with E-state index in [9.17, 15) is 19.1 Å². The van der Waals surface area contributed by atoms with Crippen molar-refractivity contribution in [3.63, 3.8) is 0 Å². The van der Waals surface area contributed by atoms with Gasteiger partial charge < -0.3 is 20.2 Å². The molecule has 38 heavy (non-hydrogen) atoms. The lowest BCUT2D eigenvalue weighted by molar-refractivity contribution is 0.0639. The highest BCUT2D eigenvalue weighted by Crippen LogP contribution is 2.33. The molecule has 1 amide bonds. The van der Waals surface area contributed by atoms with Gasteiger partial charge in [-0.05, 0) is 31.9 Å². The first-order valence-corrected chi connectivity index (χ1v) is 12.0. The number of carboxylic acid groups (broad SMARTS) is 1. The van der Waals surface area contributed by atoms with E-state index in [1.807, 2.05) is 16.7 Å². The molecular formula is C24H23FN10O3. The first-order chi connectivity index (χ1) is 18.3. The number of nitrogens with one attached hydrogen (secondary N) is 2. The molecule has 6 heterocycles. The first-order valence-electron chi connectivity index (χ1n) is 12.0. The number of carboxylic acids is 1. The van der Waals surface area contributed by atoms with Crippen LogP contribution in [0.2, 0.25) is 0 Å². The monoisotopic (exact) mass is 518 g/mol. The number of hydrogen-bond acceptors (Lipinski definition) is 9. The minimum absolute atomic E-state index is 0.0939. The number of anilines is 3. The van der Waals surface area contributed by atoms with Gasteiger partial charge in [0.2, 0.25) is 5.95 Å². The van der Waals surface area contributed by atoms with Crippen molar-refractivity contribution in [2.24, 2.45) is 0 Å². The number of aromatic nitrogens is 7. The molecule has 6 rings (SSSR count). The highest BCUT2D eigenvalue weighted by atomic mass is 19.1. The largest absolute Gasteiger partial charge is 0.477 e. The molecule has 0 radical (unpaired) electrons. The molecule has 2 atom stereocenters. The summed E-state index contributed by atoms with van der Waals surface area (Å²) in [6.07, 6.45) is 5.38. The molecule has 14 heteroatoms. The molecular weight excluding hydrogens is 495 g/mol. The van der Waals surface area contributed by atoms with Crippen LogP contribution in [-0.2, 0) is 0 Å². The Kier molecular flexibility index (Phi) is 5.70. The van der Waals surface area contributed by atoms with Crippen LogP contribution in [0.3, 0.4) is 0 Å². The minimum Gasteiger partial charge on any atom is -0.477 e. The number of rotatable bonds is 6. The number of hydrogen-bond donors (Lipinski definition) is 3. The summed E-state index contributed by atoms with van der Waals surface area (Å²) in [6.45, 7) is 2.78. The topological polar surface area (TPSA) is 158 Å². The van der Waals surface area contributed by atoms with Gasteiger partial charge in [-0.3, -0.25) is 9.89 Å².